The van der Waals surface area contributed by atoms with Crippen LogP contribution in [-0.4, -0.2) is 24.0 Å². The van der Waals surface area contributed by atoms with Gasteiger partial charge in [-0.1, -0.05) is 40.5 Å². The summed E-state index contributed by atoms with van der Waals surface area (Å²) in [5.41, 5.74) is 0. The lowest BCUT2D eigenvalue weighted by molar-refractivity contribution is 0.146. The van der Waals surface area contributed by atoms with Gasteiger partial charge in [-0.15, -0.1) is 0 Å². The van der Waals surface area contributed by atoms with Gasteiger partial charge in [0.2, 0.25) is 0 Å². The molecular weight excluding hydrogens is 206 g/mol. The molecular formula is C16H33N. The first-order valence-corrected chi connectivity index (χ1v) is 7.76. The van der Waals surface area contributed by atoms with Crippen molar-refractivity contribution in [3.05, 3.63) is 0 Å². The predicted molar refractivity (Wildman–Crippen MR) is 77.3 cm³/mol. The van der Waals surface area contributed by atoms with Gasteiger partial charge in [-0.2, -0.15) is 0 Å². The molecule has 0 aromatic rings. The zero-order valence-corrected chi connectivity index (χ0v) is 12.7. The molecule has 0 aliphatic carbocycles. The topological polar surface area (TPSA) is 3.24 Å². The highest BCUT2D eigenvalue weighted by Gasteiger charge is 2.23. The molecule has 0 saturated carbocycles. The van der Waals surface area contributed by atoms with E-state index in [0.717, 1.165) is 23.8 Å². The maximum Gasteiger partial charge on any atom is 0.00926 e. The average molecular weight is 239 g/mol. The van der Waals surface area contributed by atoms with E-state index in [-0.39, 0.29) is 0 Å². The van der Waals surface area contributed by atoms with Crippen molar-refractivity contribution in [3.63, 3.8) is 0 Å². The van der Waals surface area contributed by atoms with Gasteiger partial charge in [-0.3, -0.25) is 0 Å². The second-order valence-corrected chi connectivity index (χ2v) is 6.63. The summed E-state index contributed by atoms with van der Waals surface area (Å²) in [6.07, 6.45) is 7.10. The fraction of sp³-hybridized carbons (Fsp3) is 1.00. The van der Waals surface area contributed by atoms with Gasteiger partial charge in [0, 0.05) is 6.04 Å². The normalized spacial score (nSPS) is 24.4. The lowest BCUT2D eigenvalue weighted by Crippen LogP contribution is -2.39. The molecule has 17 heavy (non-hydrogen) atoms. The summed E-state index contributed by atoms with van der Waals surface area (Å²) in [5.74, 6) is 2.53. The summed E-state index contributed by atoms with van der Waals surface area (Å²) < 4.78 is 0. The van der Waals surface area contributed by atoms with Crippen LogP contribution in [0.1, 0.15) is 66.7 Å². The van der Waals surface area contributed by atoms with Crippen LogP contribution in [0.15, 0.2) is 0 Å². The van der Waals surface area contributed by atoms with Crippen molar-refractivity contribution < 1.29 is 0 Å². The zero-order valence-electron chi connectivity index (χ0n) is 12.7. The fourth-order valence-corrected chi connectivity index (χ4v) is 2.92. The van der Waals surface area contributed by atoms with Crippen LogP contribution in [0.3, 0.4) is 0 Å². The Labute approximate surface area is 109 Å². The number of hydrogen-bond donors (Lipinski definition) is 0. The minimum atomic E-state index is 0.772. The Morgan fingerprint density at radius 2 is 1.29 bits per heavy atom. The van der Waals surface area contributed by atoms with Crippen LogP contribution >= 0.6 is 0 Å². The highest BCUT2D eigenvalue weighted by atomic mass is 15.1. The first-order valence-electron chi connectivity index (χ1n) is 7.76. The van der Waals surface area contributed by atoms with E-state index in [2.05, 4.69) is 39.5 Å². The van der Waals surface area contributed by atoms with Crippen molar-refractivity contribution in [2.24, 2.45) is 17.8 Å². The lowest BCUT2D eigenvalue weighted by atomic mass is 9.85. The molecule has 1 heteroatoms. The Morgan fingerprint density at radius 1 is 0.765 bits per heavy atom. The van der Waals surface area contributed by atoms with E-state index in [4.69, 9.17) is 0 Å². The Bertz CT molecular complexity index is 192. The van der Waals surface area contributed by atoms with E-state index in [1.54, 1.807) is 0 Å². The highest BCUT2D eigenvalue weighted by molar-refractivity contribution is 4.76. The van der Waals surface area contributed by atoms with Crippen LogP contribution in [-0.2, 0) is 0 Å². The maximum atomic E-state index is 2.74. The molecule has 0 bridgehead atoms. The molecule has 1 nitrogen and oxygen atoms in total. The van der Waals surface area contributed by atoms with Gasteiger partial charge in [0.05, 0.1) is 0 Å². The molecule has 3 atom stereocenters. The summed E-state index contributed by atoms with van der Waals surface area (Å²) in [6.45, 7) is 14.7. The first-order chi connectivity index (χ1) is 8.02. The Kier molecular flexibility index (Phi) is 6.54. The number of nitrogens with zero attached hydrogens (tertiary/aromatic N) is 1. The SMILES string of the molecule is CC(C)C(C)CC(C)C(C)N1CCCCCC1. The van der Waals surface area contributed by atoms with Gasteiger partial charge in [-0.25, -0.2) is 0 Å². The molecule has 0 aromatic carbocycles. The summed E-state index contributed by atoms with van der Waals surface area (Å²) in [5, 5.41) is 0. The van der Waals surface area contributed by atoms with Crippen molar-refractivity contribution >= 4 is 0 Å². The van der Waals surface area contributed by atoms with Crippen LogP contribution in [0.25, 0.3) is 0 Å². The highest BCUT2D eigenvalue weighted by Crippen LogP contribution is 2.25. The van der Waals surface area contributed by atoms with E-state index in [9.17, 15) is 0 Å². The predicted octanol–water partition coefficient (Wildman–Crippen LogP) is 4.57. The summed E-state index contributed by atoms with van der Waals surface area (Å²) in [4.78, 5) is 2.74. The largest absolute Gasteiger partial charge is 0.300 e. The van der Waals surface area contributed by atoms with Gasteiger partial charge in [0.25, 0.3) is 0 Å². The zero-order chi connectivity index (χ0) is 12.8. The molecule has 1 aliphatic heterocycles. The fourth-order valence-electron chi connectivity index (χ4n) is 2.92. The first kappa shape index (κ1) is 15.0. The number of rotatable bonds is 5. The molecule has 3 unspecified atom stereocenters. The van der Waals surface area contributed by atoms with Crippen molar-refractivity contribution in [1.29, 1.82) is 0 Å². The van der Waals surface area contributed by atoms with Crippen LogP contribution in [0.5, 0.6) is 0 Å². The smallest absolute Gasteiger partial charge is 0.00926 e. The van der Waals surface area contributed by atoms with Gasteiger partial charge in [-0.05, 0) is 57.0 Å². The van der Waals surface area contributed by atoms with Crippen molar-refractivity contribution in [2.45, 2.75) is 72.8 Å². The third kappa shape index (κ3) is 4.99. The molecule has 0 N–H and O–H groups in total. The molecule has 1 heterocycles. The summed E-state index contributed by atoms with van der Waals surface area (Å²) >= 11 is 0. The molecule has 102 valence electrons. The van der Waals surface area contributed by atoms with Crippen LogP contribution in [0.2, 0.25) is 0 Å². The van der Waals surface area contributed by atoms with E-state index in [1.807, 2.05) is 0 Å². The third-order valence-electron chi connectivity index (χ3n) is 4.92. The monoisotopic (exact) mass is 239 g/mol. The Morgan fingerprint density at radius 3 is 1.76 bits per heavy atom. The summed E-state index contributed by atoms with van der Waals surface area (Å²) in [6, 6.07) is 0.772. The van der Waals surface area contributed by atoms with Crippen LogP contribution in [0, 0.1) is 17.8 Å². The van der Waals surface area contributed by atoms with E-state index in [1.165, 1.54) is 45.2 Å². The van der Waals surface area contributed by atoms with Crippen LogP contribution < -0.4 is 0 Å². The molecule has 0 amide bonds. The molecule has 1 rings (SSSR count). The Hall–Kier alpha value is -0.0400. The molecule has 1 aliphatic rings. The molecule has 0 radical (unpaired) electrons. The van der Waals surface area contributed by atoms with Crippen molar-refractivity contribution in [1.82, 2.24) is 4.90 Å². The van der Waals surface area contributed by atoms with Gasteiger partial charge in [0.15, 0.2) is 0 Å². The van der Waals surface area contributed by atoms with Crippen molar-refractivity contribution in [3.8, 4) is 0 Å². The standard InChI is InChI=1S/C16H33N/c1-13(2)14(3)12-15(4)16(5)17-10-8-6-7-9-11-17/h13-16H,6-12H2,1-5H3. The maximum absolute atomic E-state index is 2.74. The van der Waals surface area contributed by atoms with E-state index >= 15 is 0 Å². The van der Waals surface area contributed by atoms with Gasteiger partial charge < -0.3 is 4.90 Å². The summed E-state index contributed by atoms with van der Waals surface area (Å²) in [7, 11) is 0. The average Bonchev–Trinajstić information content (AvgIpc) is 2.56. The number of hydrogen-bond acceptors (Lipinski definition) is 1. The molecule has 1 fully saturated rings. The quantitative estimate of drug-likeness (QED) is 0.679. The molecule has 0 aromatic heterocycles. The second-order valence-electron chi connectivity index (χ2n) is 6.63. The van der Waals surface area contributed by atoms with Crippen LogP contribution in [0.4, 0.5) is 0 Å². The van der Waals surface area contributed by atoms with Gasteiger partial charge >= 0.3 is 0 Å². The lowest BCUT2D eigenvalue weighted by Gasteiger charge is -2.34. The molecule has 1 saturated heterocycles. The van der Waals surface area contributed by atoms with Crippen molar-refractivity contribution in [2.75, 3.05) is 13.1 Å². The molecule has 0 spiro atoms. The van der Waals surface area contributed by atoms with E-state index < -0.39 is 0 Å². The minimum Gasteiger partial charge on any atom is -0.300 e. The third-order valence-corrected chi connectivity index (χ3v) is 4.92. The number of likely N-dealkylation sites (tertiary alicyclic amines) is 1. The van der Waals surface area contributed by atoms with Gasteiger partial charge in [0.1, 0.15) is 0 Å². The van der Waals surface area contributed by atoms with E-state index in [0.29, 0.717) is 0 Å². The second kappa shape index (κ2) is 7.41. The minimum absolute atomic E-state index is 0.772. The Balaban J connectivity index is 2.41.